The lowest BCUT2D eigenvalue weighted by atomic mass is 10.1. The maximum absolute atomic E-state index is 12.6. The van der Waals surface area contributed by atoms with Gasteiger partial charge in [-0.3, -0.25) is 10.1 Å². The van der Waals surface area contributed by atoms with Gasteiger partial charge in [0, 0.05) is 38.3 Å². The highest BCUT2D eigenvalue weighted by Crippen LogP contribution is 2.31. The second-order valence-electron chi connectivity index (χ2n) is 8.31. The first-order valence-electron chi connectivity index (χ1n) is 12.2. The van der Waals surface area contributed by atoms with Crippen LogP contribution in [0.4, 0.5) is 10.8 Å². The van der Waals surface area contributed by atoms with Crippen LogP contribution in [0.25, 0.3) is 15.9 Å². The molecule has 1 aliphatic rings. The Labute approximate surface area is 235 Å². The lowest BCUT2D eigenvalue weighted by molar-refractivity contribution is -0.111. The van der Waals surface area contributed by atoms with Gasteiger partial charge in [0.1, 0.15) is 10.3 Å². The standard InChI is InChI=1S/C20H22N4OS2.C4H8O2.C3H8.2H2O.H2/c1-5-12-24(3)16-10-11-21-19-17(16)22-20(27-19)23-18(25)13(2)14-6-8-15(26-4)9-7-14;5-4-1-2-6-3-4;1-3-2;;;/h6-11H,2,5,12H2,1,3-4H3,(H,22,23,25);4-5H,1-3H2;3H2,1-2H3;2*1H2;1H/t;4-;;;;/m.1..../s1. The van der Waals surface area contributed by atoms with Crippen LogP contribution in [0.1, 0.15) is 47.0 Å². The summed E-state index contributed by atoms with van der Waals surface area (Å²) in [6, 6.07) is 9.73. The van der Waals surface area contributed by atoms with Crippen molar-refractivity contribution in [3.05, 3.63) is 48.7 Å². The van der Waals surface area contributed by atoms with Gasteiger partial charge in [0.15, 0.2) is 5.13 Å². The minimum Gasteiger partial charge on any atom is -0.412 e. The van der Waals surface area contributed by atoms with Crippen molar-refractivity contribution in [1.29, 1.82) is 0 Å². The normalized spacial score (nSPS) is 13.6. The zero-order chi connectivity index (χ0) is 26.5. The van der Waals surface area contributed by atoms with Gasteiger partial charge in [0.25, 0.3) is 5.91 Å². The number of benzene rings is 1. The third kappa shape index (κ3) is 10.7. The minimum atomic E-state index is -0.255. The number of hydrogen-bond donors (Lipinski definition) is 2. The predicted octanol–water partition coefficient (Wildman–Crippen LogP) is 4.69. The molecule has 1 saturated heterocycles. The summed E-state index contributed by atoms with van der Waals surface area (Å²) in [5.74, 6) is -0.255. The van der Waals surface area contributed by atoms with Gasteiger partial charge in [-0.1, -0.05) is 57.2 Å². The number of thioether (sulfide) groups is 1. The summed E-state index contributed by atoms with van der Waals surface area (Å²) in [7, 11) is 2.04. The van der Waals surface area contributed by atoms with Crippen molar-refractivity contribution >= 4 is 55.7 Å². The molecule has 214 valence electrons. The summed E-state index contributed by atoms with van der Waals surface area (Å²) in [6.07, 6.45) is 6.73. The Morgan fingerprint density at radius 3 is 2.42 bits per heavy atom. The van der Waals surface area contributed by atoms with Crippen LogP contribution in [-0.2, 0) is 9.53 Å². The molecule has 4 rings (SSSR count). The number of ether oxygens (including phenoxy) is 1. The Morgan fingerprint density at radius 2 is 1.92 bits per heavy atom. The third-order valence-electron chi connectivity index (χ3n) is 5.09. The number of nitrogens with one attached hydrogen (secondary N) is 1. The fraction of sp³-hybridized carbons (Fsp3) is 0.444. The lowest BCUT2D eigenvalue weighted by Crippen LogP contribution is -2.18. The molecule has 3 heterocycles. The molecule has 0 bridgehead atoms. The van der Waals surface area contributed by atoms with Gasteiger partial charge >= 0.3 is 0 Å². The molecular formula is C27H44N4O5S2. The fourth-order valence-electron chi connectivity index (χ4n) is 3.26. The van der Waals surface area contributed by atoms with Gasteiger partial charge in [0.2, 0.25) is 0 Å². The number of aliphatic hydroxyl groups is 1. The van der Waals surface area contributed by atoms with Crippen molar-refractivity contribution in [1.82, 2.24) is 9.97 Å². The molecule has 1 aromatic carbocycles. The van der Waals surface area contributed by atoms with Crippen molar-refractivity contribution in [3.8, 4) is 0 Å². The second kappa shape index (κ2) is 18.7. The van der Waals surface area contributed by atoms with E-state index in [2.05, 4.69) is 47.5 Å². The molecule has 38 heavy (non-hydrogen) atoms. The van der Waals surface area contributed by atoms with Gasteiger partial charge in [0.05, 0.1) is 18.4 Å². The summed E-state index contributed by atoms with van der Waals surface area (Å²) in [6.45, 7) is 12.5. The van der Waals surface area contributed by atoms with Crippen molar-refractivity contribution in [2.45, 2.75) is 51.0 Å². The molecule has 0 radical (unpaired) electrons. The quantitative estimate of drug-likeness (QED) is 0.310. The van der Waals surface area contributed by atoms with E-state index in [9.17, 15) is 4.79 Å². The van der Waals surface area contributed by atoms with E-state index in [1.165, 1.54) is 17.8 Å². The molecule has 1 aliphatic heterocycles. The van der Waals surface area contributed by atoms with Gasteiger partial charge in [-0.25, -0.2) is 9.97 Å². The van der Waals surface area contributed by atoms with Crippen LogP contribution in [0.5, 0.6) is 0 Å². The van der Waals surface area contributed by atoms with Crippen LogP contribution >= 0.6 is 23.1 Å². The van der Waals surface area contributed by atoms with Crippen molar-refractivity contribution in [2.75, 3.05) is 43.3 Å². The molecule has 11 heteroatoms. The second-order valence-corrected chi connectivity index (χ2v) is 10.2. The van der Waals surface area contributed by atoms with Crippen molar-refractivity contribution in [3.63, 3.8) is 0 Å². The zero-order valence-electron chi connectivity index (χ0n) is 22.9. The molecule has 0 saturated carbocycles. The molecule has 6 N–H and O–H groups in total. The van der Waals surface area contributed by atoms with Crippen molar-refractivity contribution in [2.24, 2.45) is 0 Å². The Bertz CT molecular complexity index is 1110. The molecule has 1 atom stereocenters. The first-order valence-corrected chi connectivity index (χ1v) is 14.3. The van der Waals surface area contributed by atoms with Crippen LogP contribution in [-0.4, -0.2) is 71.1 Å². The number of nitrogens with zero attached hydrogens (tertiary/aromatic N) is 3. The molecule has 1 amide bonds. The van der Waals surface area contributed by atoms with E-state index in [1.54, 1.807) is 18.0 Å². The number of anilines is 2. The highest BCUT2D eigenvalue weighted by atomic mass is 32.2. The van der Waals surface area contributed by atoms with E-state index in [-0.39, 0.29) is 24.4 Å². The van der Waals surface area contributed by atoms with Crippen LogP contribution in [0.2, 0.25) is 0 Å². The van der Waals surface area contributed by atoms with Gasteiger partial charge in [-0.05, 0) is 42.9 Å². The van der Waals surface area contributed by atoms with Crippen LogP contribution < -0.4 is 10.2 Å². The monoisotopic (exact) mass is 568 g/mol. The zero-order valence-corrected chi connectivity index (χ0v) is 24.5. The predicted molar refractivity (Wildman–Crippen MR) is 164 cm³/mol. The van der Waals surface area contributed by atoms with Gasteiger partial charge in [-0.2, -0.15) is 0 Å². The molecule has 9 nitrogen and oxygen atoms in total. The summed E-state index contributed by atoms with van der Waals surface area (Å²) < 4.78 is 4.81. The number of hydrogen-bond acceptors (Lipinski definition) is 8. The van der Waals surface area contributed by atoms with E-state index in [4.69, 9.17) is 9.84 Å². The summed E-state index contributed by atoms with van der Waals surface area (Å²) in [5.41, 5.74) is 3.04. The maximum Gasteiger partial charge on any atom is 0.257 e. The highest BCUT2D eigenvalue weighted by Gasteiger charge is 2.16. The minimum absolute atomic E-state index is 0. The van der Waals surface area contributed by atoms with E-state index in [1.807, 2.05) is 43.6 Å². The average Bonchev–Trinajstić information content (AvgIpc) is 3.52. The fourth-order valence-corrected chi connectivity index (χ4v) is 4.49. The summed E-state index contributed by atoms with van der Waals surface area (Å²) >= 11 is 3.03. The molecule has 0 spiro atoms. The van der Waals surface area contributed by atoms with E-state index in [0.717, 1.165) is 52.5 Å². The SMILES string of the molecule is C=C(C(=O)Nc1nc2c(N(C)CCC)ccnc2s1)c1ccc(SC)cc1.CCC.O.O.O[C@@H]1CCOC1.[HH]. The molecule has 1 fully saturated rings. The number of amides is 1. The molecule has 2 aromatic heterocycles. The number of fused-ring (bicyclic) bond motifs is 1. The Hall–Kier alpha value is -2.54. The number of thiazole rings is 1. The maximum atomic E-state index is 12.6. The molecule has 0 unspecified atom stereocenters. The van der Waals surface area contributed by atoms with Crippen LogP contribution in [0.3, 0.4) is 0 Å². The number of aromatic nitrogens is 2. The smallest absolute Gasteiger partial charge is 0.257 e. The Kier molecular flexibility index (Phi) is 17.4. The van der Waals surface area contributed by atoms with Crippen molar-refractivity contribution < 1.29 is 27.0 Å². The first-order chi connectivity index (χ1) is 17.3. The number of carbonyl (C=O) groups is 1. The Balaban J connectivity index is 0. The largest absolute Gasteiger partial charge is 0.412 e. The van der Waals surface area contributed by atoms with Gasteiger partial charge < -0.3 is 25.7 Å². The third-order valence-corrected chi connectivity index (χ3v) is 6.71. The number of rotatable bonds is 7. The summed E-state index contributed by atoms with van der Waals surface area (Å²) in [4.78, 5) is 25.7. The van der Waals surface area contributed by atoms with E-state index in [0.29, 0.717) is 17.3 Å². The van der Waals surface area contributed by atoms with Crippen LogP contribution in [0.15, 0.2) is 48.0 Å². The molecular weight excluding hydrogens is 524 g/mol. The topological polar surface area (TPSA) is 151 Å². The molecule has 0 aliphatic carbocycles. The number of carbonyl (C=O) groups excluding carboxylic acids is 1. The first kappa shape index (κ1) is 35.5. The van der Waals surface area contributed by atoms with Crippen LogP contribution in [0, 0.1) is 0 Å². The highest BCUT2D eigenvalue weighted by molar-refractivity contribution is 7.98. The lowest BCUT2D eigenvalue weighted by Gasteiger charge is -2.18. The summed E-state index contributed by atoms with van der Waals surface area (Å²) in [5, 5.41) is 12.0. The molecule has 3 aromatic rings. The van der Waals surface area contributed by atoms with E-state index >= 15 is 0 Å². The average molecular weight is 569 g/mol. The van der Waals surface area contributed by atoms with E-state index < -0.39 is 0 Å². The Morgan fingerprint density at radius 1 is 1.26 bits per heavy atom. The van der Waals surface area contributed by atoms with Gasteiger partial charge in [-0.15, -0.1) is 11.8 Å². The number of pyridine rings is 1. The number of aliphatic hydroxyl groups excluding tert-OH is 1.